The number of rotatable bonds is 9. The van der Waals surface area contributed by atoms with Crippen molar-refractivity contribution >= 4 is 5.69 Å². The number of hydrogen-bond acceptors (Lipinski definition) is 8. The monoisotopic (exact) mass is 534 g/mol. The minimum atomic E-state index is -0.985. The molecule has 0 amide bonds. The third-order valence-electron chi connectivity index (χ3n) is 8.18. The average molecular weight is 535 g/mol. The number of benzene rings is 2. The molecule has 210 valence electrons. The Morgan fingerprint density at radius 1 is 1.00 bits per heavy atom. The van der Waals surface area contributed by atoms with Crippen LogP contribution in [-0.4, -0.2) is 75.8 Å². The van der Waals surface area contributed by atoms with Gasteiger partial charge in [-0.2, -0.15) is 0 Å². The Morgan fingerprint density at radius 3 is 2.28 bits per heavy atom. The molecule has 39 heavy (non-hydrogen) atoms. The molecule has 3 aromatic rings. The maximum Gasteiger partial charge on any atom is 0.182 e. The second kappa shape index (κ2) is 11.9. The first-order valence-corrected chi connectivity index (χ1v) is 14.3. The second-order valence-electron chi connectivity index (χ2n) is 11.0. The van der Waals surface area contributed by atoms with Crippen LogP contribution in [0.2, 0.25) is 0 Å². The van der Waals surface area contributed by atoms with Gasteiger partial charge in [0.1, 0.15) is 11.5 Å². The van der Waals surface area contributed by atoms with Crippen molar-refractivity contribution in [1.82, 2.24) is 25.0 Å². The molecule has 9 heteroatoms. The lowest BCUT2D eigenvalue weighted by atomic mass is 9.98. The van der Waals surface area contributed by atoms with E-state index in [2.05, 4.69) is 58.2 Å². The number of aliphatic hydroxyl groups is 1. The summed E-state index contributed by atoms with van der Waals surface area (Å²) in [6.07, 6.45) is 3.41. The molecule has 2 aliphatic rings. The van der Waals surface area contributed by atoms with E-state index in [9.17, 15) is 10.2 Å². The Bertz CT molecular complexity index is 1240. The van der Waals surface area contributed by atoms with Gasteiger partial charge in [0.25, 0.3) is 0 Å². The minimum Gasteiger partial charge on any atom is -0.507 e. The van der Waals surface area contributed by atoms with Crippen molar-refractivity contribution in [2.75, 3.05) is 44.7 Å². The smallest absolute Gasteiger partial charge is 0.182 e. The molecule has 3 N–H and O–H groups in total. The Kier molecular flexibility index (Phi) is 8.40. The molecule has 5 rings (SSSR count). The zero-order valence-electron chi connectivity index (χ0n) is 23.6. The number of piperazine rings is 1. The van der Waals surface area contributed by atoms with Crippen LogP contribution in [-0.2, 0) is 0 Å². The van der Waals surface area contributed by atoms with Gasteiger partial charge >= 0.3 is 0 Å². The second-order valence-corrected chi connectivity index (χ2v) is 11.0. The van der Waals surface area contributed by atoms with Crippen LogP contribution in [0.3, 0.4) is 0 Å². The van der Waals surface area contributed by atoms with Crippen LogP contribution in [0.4, 0.5) is 5.69 Å². The summed E-state index contributed by atoms with van der Waals surface area (Å²) in [5.41, 5.74) is 3.51. The highest BCUT2D eigenvalue weighted by Gasteiger charge is 2.27. The third-order valence-corrected chi connectivity index (χ3v) is 8.18. The quantitative estimate of drug-likeness (QED) is 0.347. The zero-order chi connectivity index (χ0) is 27.5. The minimum absolute atomic E-state index is 0.0557. The fourth-order valence-electron chi connectivity index (χ4n) is 5.82. The summed E-state index contributed by atoms with van der Waals surface area (Å²) in [6, 6.07) is 12.1. The van der Waals surface area contributed by atoms with Gasteiger partial charge in [-0.3, -0.25) is 9.88 Å². The van der Waals surface area contributed by atoms with Gasteiger partial charge in [-0.05, 0) is 61.2 Å². The lowest BCUT2D eigenvalue weighted by Gasteiger charge is -2.35. The van der Waals surface area contributed by atoms with Crippen molar-refractivity contribution < 1.29 is 14.9 Å². The Hall–Kier alpha value is -3.14. The van der Waals surface area contributed by atoms with Gasteiger partial charge in [-0.25, -0.2) is 0 Å². The molecular formula is C30H42N6O3. The highest BCUT2D eigenvalue weighted by atomic mass is 16.5. The molecule has 1 unspecified atom stereocenters. The fourth-order valence-corrected chi connectivity index (χ4v) is 5.82. The van der Waals surface area contributed by atoms with Crippen LogP contribution in [0, 0.1) is 0 Å². The van der Waals surface area contributed by atoms with E-state index in [1.54, 1.807) is 13.2 Å². The largest absolute Gasteiger partial charge is 0.507 e. The number of likely N-dealkylation sites (N-methyl/N-ethyl adjacent to an activating group) is 1. The molecule has 1 saturated carbocycles. The number of anilines is 1. The predicted octanol–water partition coefficient (Wildman–Crippen LogP) is 4.44. The number of phenols is 1. The Labute approximate surface area is 231 Å². The van der Waals surface area contributed by atoms with Gasteiger partial charge in [-0.15, -0.1) is 10.2 Å². The molecule has 1 aliphatic carbocycles. The molecule has 2 heterocycles. The number of phenolic OH excluding ortho intramolecular Hbond substituents is 1. The first-order valence-electron chi connectivity index (χ1n) is 14.3. The van der Waals surface area contributed by atoms with E-state index in [4.69, 9.17) is 4.74 Å². The van der Waals surface area contributed by atoms with Crippen LogP contribution < -0.4 is 15.0 Å². The number of nitrogens with zero attached hydrogens (tertiary/aromatic N) is 5. The number of aromatic hydroxyl groups is 1. The number of methoxy groups -OCH3 is 1. The standard InChI is InChI=1S/C30H42N6O3/c1-5-34-14-16-35(17-15-34)22-10-12-23(13-11-22)36-28(25-18-24(20(2)3)27(39-4)19-26(25)37)32-33-29(36)30(38)31-21-8-6-7-9-21/h10-13,18-21,30-31,37-38H,5-9,14-17H2,1-4H3. The molecule has 1 saturated heterocycles. The zero-order valence-corrected chi connectivity index (χ0v) is 23.6. The summed E-state index contributed by atoms with van der Waals surface area (Å²) < 4.78 is 7.39. The summed E-state index contributed by atoms with van der Waals surface area (Å²) in [5.74, 6) is 1.75. The van der Waals surface area contributed by atoms with Gasteiger partial charge in [0.05, 0.1) is 12.7 Å². The summed E-state index contributed by atoms with van der Waals surface area (Å²) >= 11 is 0. The molecule has 0 bridgehead atoms. The summed E-state index contributed by atoms with van der Waals surface area (Å²) in [4.78, 5) is 4.87. The third kappa shape index (κ3) is 5.76. The average Bonchev–Trinajstić information content (AvgIpc) is 3.63. The molecule has 9 nitrogen and oxygen atoms in total. The predicted molar refractivity (Wildman–Crippen MR) is 154 cm³/mol. The maximum atomic E-state index is 11.3. The van der Waals surface area contributed by atoms with Crippen molar-refractivity contribution in [3.05, 3.63) is 47.8 Å². The van der Waals surface area contributed by atoms with E-state index < -0.39 is 6.23 Å². The number of hydrogen-bond donors (Lipinski definition) is 3. The summed E-state index contributed by atoms with van der Waals surface area (Å²) in [6.45, 7) is 11.6. The van der Waals surface area contributed by atoms with Gasteiger partial charge in [-0.1, -0.05) is 33.6 Å². The van der Waals surface area contributed by atoms with Crippen molar-refractivity contribution in [3.8, 4) is 28.6 Å². The Morgan fingerprint density at radius 2 is 1.67 bits per heavy atom. The number of ether oxygens (including phenoxy) is 1. The van der Waals surface area contributed by atoms with Crippen LogP contribution in [0.15, 0.2) is 36.4 Å². The van der Waals surface area contributed by atoms with Gasteiger partial charge in [0.15, 0.2) is 17.9 Å². The fraction of sp³-hybridized carbons (Fsp3) is 0.533. The van der Waals surface area contributed by atoms with E-state index in [0.717, 1.165) is 69.7 Å². The topological polar surface area (TPSA) is 98.9 Å². The van der Waals surface area contributed by atoms with Gasteiger partial charge < -0.3 is 24.7 Å². The van der Waals surface area contributed by atoms with Gasteiger partial charge in [0.2, 0.25) is 0 Å². The van der Waals surface area contributed by atoms with Crippen LogP contribution >= 0.6 is 0 Å². The van der Waals surface area contributed by atoms with Crippen molar-refractivity contribution in [3.63, 3.8) is 0 Å². The molecular weight excluding hydrogens is 492 g/mol. The molecule has 1 aromatic heterocycles. The van der Waals surface area contributed by atoms with Crippen LogP contribution in [0.25, 0.3) is 17.1 Å². The highest BCUT2D eigenvalue weighted by Crippen LogP contribution is 2.39. The number of nitrogens with one attached hydrogen (secondary N) is 1. The van der Waals surface area contributed by atoms with Crippen molar-refractivity contribution in [1.29, 1.82) is 0 Å². The molecule has 1 atom stereocenters. The van der Waals surface area contributed by atoms with E-state index in [1.807, 2.05) is 22.8 Å². The first-order chi connectivity index (χ1) is 18.9. The lowest BCUT2D eigenvalue weighted by Crippen LogP contribution is -2.46. The van der Waals surface area contributed by atoms with Gasteiger partial charge in [0, 0.05) is 49.7 Å². The summed E-state index contributed by atoms with van der Waals surface area (Å²) in [7, 11) is 1.61. The van der Waals surface area contributed by atoms with Crippen molar-refractivity contribution in [2.24, 2.45) is 0 Å². The van der Waals surface area contributed by atoms with Crippen LogP contribution in [0.5, 0.6) is 11.5 Å². The molecule has 1 aliphatic heterocycles. The van der Waals surface area contributed by atoms with E-state index in [1.165, 1.54) is 5.69 Å². The van der Waals surface area contributed by atoms with E-state index in [-0.39, 0.29) is 17.7 Å². The van der Waals surface area contributed by atoms with E-state index >= 15 is 0 Å². The lowest BCUT2D eigenvalue weighted by molar-refractivity contribution is 0.113. The maximum absolute atomic E-state index is 11.3. The highest BCUT2D eigenvalue weighted by molar-refractivity contribution is 5.70. The van der Waals surface area contributed by atoms with Crippen molar-refractivity contribution in [2.45, 2.75) is 64.6 Å². The number of aromatic nitrogens is 3. The molecule has 0 radical (unpaired) electrons. The SMILES string of the molecule is CCN1CCN(c2ccc(-n3c(-c4cc(C(C)C)c(OC)cc4O)nnc3C(O)NC3CCCC3)cc2)CC1. The number of aliphatic hydroxyl groups excluding tert-OH is 1. The van der Waals surface area contributed by atoms with E-state index in [0.29, 0.717) is 23.0 Å². The normalized spacial score (nSPS) is 17.7. The molecule has 0 spiro atoms. The summed E-state index contributed by atoms with van der Waals surface area (Å²) in [5, 5.41) is 34.6. The van der Waals surface area contributed by atoms with Crippen LogP contribution in [0.1, 0.15) is 70.0 Å². The Balaban J connectivity index is 1.54. The molecule has 2 aromatic carbocycles. The molecule has 2 fully saturated rings. The first kappa shape index (κ1) is 27.4.